The van der Waals surface area contributed by atoms with E-state index in [4.69, 9.17) is 4.74 Å². The molecular weight excluding hydrogens is 174 g/mol. The molecule has 0 aliphatic carbocycles. The molecule has 0 aromatic carbocycles. The van der Waals surface area contributed by atoms with Crippen molar-refractivity contribution in [2.45, 2.75) is 24.8 Å². The Kier molecular flexibility index (Phi) is 2.17. The van der Waals surface area contributed by atoms with Crippen molar-refractivity contribution in [2.24, 2.45) is 0 Å². The van der Waals surface area contributed by atoms with Gasteiger partial charge in [-0.2, -0.15) is 11.8 Å². The largest absolute Gasteiger partial charge is 0.449 e. The van der Waals surface area contributed by atoms with Crippen molar-refractivity contribution in [1.82, 2.24) is 5.32 Å². The van der Waals surface area contributed by atoms with Crippen molar-refractivity contribution < 1.29 is 9.53 Å². The van der Waals surface area contributed by atoms with Crippen molar-refractivity contribution in [1.29, 1.82) is 0 Å². The van der Waals surface area contributed by atoms with Crippen LogP contribution in [0.4, 0.5) is 4.79 Å². The molecule has 0 aromatic rings. The maximum atomic E-state index is 11.0. The first-order valence-electron chi connectivity index (χ1n) is 4.33. The normalized spacial score (nSPS) is 35.8. The van der Waals surface area contributed by atoms with Crippen molar-refractivity contribution >= 4 is 17.9 Å². The topological polar surface area (TPSA) is 38.3 Å². The van der Waals surface area contributed by atoms with E-state index in [-0.39, 0.29) is 11.6 Å². The highest BCUT2D eigenvalue weighted by atomic mass is 32.2. The Morgan fingerprint density at radius 2 is 2.42 bits per heavy atom. The SMILES string of the molecule is O=C1NC2(CCCSC2)CCO1. The van der Waals surface area contributed by atoms with E-state index in [0.717, 1.165) is 18.6 Å². The number of rotatable bonds is 0. The maximum absolute atomic E-state index is 11.0. The first kappa shape index (κ1) is 8.23. The number of hydrogen-bond donors (Lipinski definition) is 1. The summed E-state index contributed by atoms with van der Waals surface area (Å²) in [5, 5.41) is 2.95. The molecule has 2 aliphatic heterocycles. The zero-order chi connectivity index (χ0) is 8.44. The Morgan fingerprint density at radius 1 is 1.50 bits per heavy atom. The molecule has 2 aliphatic rings. The Hall–Kier alpha value is -0.380. The summed E-state index contributed by atoms with van der Waals surface area (Å²) < 4.78 is 4.85. The van der Waals surface area contributed by atoms with Gasteiger partial charge in [0.15, 0.2) is 0 Å². The van der Waals surface area contributed by atoms with Crippen LogP contribution in [0.5, 0.6) is 0 Å². The highest BCUT2D eigenvalue weighted by molar-refractivity contribution is 7.99. The second kappa shape index (κ2) is 3.17. The monoisotopic (exact) mass is 187 g/mol. The molecule has 0 bridgehead atoms. The second-order valence-electron chi connectivity index (χ2n) is 3.45. The number of amides is 1. The first-order valence-corrected chi connectivity index (χ1v) is 5.49. The molecule has 0 radical (unpaired) electrons. The fourth-order valence-electron chi connectivity index (χ4n) is 1.80. The molecule has 1 atom stereocenters. The Labute approximate surface area is 76.2 Å². The Bertz CT molecular complexity index is 184. The zero-order valence-electron chi connectivity index (χ0n) is 6.97. The van der Waals surface area contributed by atoms with Crippen LogP contribution >= 0.6 is 11.8 Å². The molecule has 1 amide bonds. The molecule has 0 aromatic heterocycles. The van der Waals surface area contributed by atoms with Gasteiger partial charge in [-0.1, -0.05) is 0 Å². The Balaban J connectivity index is 2.02. The predicted octanol–water partition coefficient (Wildman–Crippen LogP) is 1.38. The van der Waals surface area contributed by atoms with E-state index in [0.29, 0.717) is 6.61 Å². The number of alkyl carbamates (subject to hydrolysis) is 1. The average molecular weight is 187 g/mol. The number of carbonyl (C=O) groups excluding carboxylic acids is 1. The second-order valence-corrected chi connectivity index (χ2v) is 4.55. The molecular formula is C8H13NO2S. The maximum Gasteiger partial charge on any atom is 0.407 e. The highest BCUT2D eigenvalue weighted by Crippen LogP contribution is 2.31. The van der Waals surface area contributed by atoms with Crippen LogP contribution in [0.15, 0.2) is 0 Å². The van der Waals surface area contributed by atoms with Crippen LogP contribution in [0.1, 0.15) is 19.3 Å². The quantitative estimate of drug-likeness (QED) is 0.622. The summed E-state index contributed by atoms with van der Waals surface area (Å²) in [7, 11) is 0. The Morgan fingerprint density at radius 3 is 3.08 bits per heavy atom. The fraction of sp³-hybridized carbons (Fsp3) is 0.875. The van der Waals surface area contributed by atoms with E-state index >= 15 is 0 Å². The van der Waals surface area contributed by atoms with Crippen molar-refractivity contribution in [3.63, 3.8) is 0 Å². The molecule has 2 rings (SSSR count). The lowest BCUT2D eigenvalue weighted by Crippen LogP contribution is -2.56. The molecule has 4 heteroatoms. The molecule has 12 heavy (non-hydrogen) atoms. The summed E-state index contributed by atoms with van der Waals surface area (Å²) in [5.41, 5.74) is 0.0677. The summed E-state index contributed by atoms with van der Waals surface area (Å²) in [4.78, 5) is 11.0. The number of ether oxygens (including phenoxy) is 1. The number of hydrogen-bond acceptors (Lipinski definition) is 3. The molecule has 0 saturated carbocycles. The molecule has 1 spiro atoms. The summed E-state index contributed by atoms with van der Waals surface area (Å²) in [6.45, 7) is 0.590. The number of carbonyl (C=O) groups is 1. The molecule has 2 heterocycles. The lowest BCUT2D eigenvalue weighted by molar-refractivity contribution is 0.0898. The minimum Gasteiger partial charge on any atom is -0.449 e. The van der Waals surface area contributed by atoms with Crippen LogP contribution in [0.25, 0.3) is 0 Å². The molecule has 2 fully saturated rings. The van der Waals surface area contributed by atoms with Crippen molar-refractivity contribution in [2.75, 3.05) is 18.1 Å². The average Bonchev–Trinajstić information content (AvgIpc) is 2.05. The smallest absolute Gasteiger partial charge is 0.407 e. The molecule has 1 N–H and O–H groups in total. The van der Waals surface area contributed by atoms with Gasteiger partial charge in [0.2, 0.25) is 0 Å². The minimum atomic E-state index is -0.233. The van der Waals surface area contributed by atoms with Gasteiger partial charge in [-0.15, -0.1) is 0 Å². The van der Waals surface area contributed by atoms with Gasteiger partial charge in [0.25, 0.3) is 0 Å². The van der Waals surface area contributed by atoms with Gasteiger partial charge in [0.1, 0.15) is 0 Å². The van der Waals surface area contributed by atoms with E-state index in [1.807, 2.05) is 11.8 Å². The van der Waals surface area contributed by atoms with Crippen molar-refractivity contribution in [3.8, 4) is 0 Å². The van der Waals surface area contributed by atoms with Gasteiger partial charge in [-0.3, -0.25) is 0 Å². The first-order chi connectivity index (χ1) is 5.81. The lowest BCUT2D eigenvalue weighted by atomic mass is 9.91. The van der Waals surface area contributed by atoms with Crippen LogP contribution in [-0.2, 0) is 4.74 Å². The number of cyclic esters (lactones) is 1. The van der Waals surface area contributed by atoms with E-state index in [9.17, 15) is 4.79 Å². The molecule has 68 valence electrons. The zero-order valence-corrected chi connectivity index (χ0v) is 7.78. The van der Waals surface area contributed by atoms with E-state index < -0.39 is 0 Å². The number of nitrogens with one attached hydrogen (secondary N) is 1. The molecule has 3 nitrogen and oxygen atoms in total. The van der Waals surface area contributed by atoms with Gasteiger partial charge < -0.3 is 10.1 Å². The summed E-state index contributed by atoms with van der Waals surface area (Å²) >= 11 is 1.93. The lowest BCUT2D eigenvalue weighted by Gasteiger charge is -2.39. The third kappa shape index (κ3) is 1.53. The predicted molar refractivity (Wildman–Crippen MR) is 48.4 cm³/mol. The summed E-state index contributed by atoms with van der Waals surface area (Å²) in [6.07, 6.45) is 3.08. The van der Waals surface area contributed by atoms with Crippen LogP contribution in [0, 0.1) is 0 Å². The van der Waals surface area contributed by atoms with Gasteiger partial charge in [-0.25, -0.2) is 4.79 Å². The minimum absolute atomic E-state index is 0.0677. The van der Waals surface area contributed by atoms with E-state index in [2.05, 4.69) is 5.32 Å². The summed E-state index contributed by atoms with van der Waals surface area (Å²) in [5.74, 6) is 2.29. The highest BCUT2D eigenvalue weighted by Gasteiger charge is 2.37. The summed E-state index contributed by atoms with van der Waals surface area (Å²) in [6, 6.07) is 0. The van der Waals surface area contributed by atoms with Crippen LogP contribution < -0.4 is 5.32 Å². The van der Waals surface area contributed by atoms with Gasteiger partial charge in [0.05, 0.1) is 12.1 Å². The molecule has 1 unspecified atom stereocenters. The van der Waals surface area contributed by atoms with Gasteiger partial charge >= 0.3 is 6.09 Å². The molecule has 2 saturated heterocycles. The standard InChI is InChI=1S/C8H13NO2S/c10-7-9-8(3-4-11-7)2-1-5-12-6-8/h1-6H2,(H,9,10). The third-order valence-electron chi connectivity index (χ3n) is 2.50. The van der Waals surface area contributed by atoms with E-state index in [1.165, 1.54) is 12.2 Å². The number of thioether (sulfide) groups is 1. The van der Waals surface area contributed by atoms with Crippen molar-refractivity contribution in [3.05, 3.63) is 0 Å². The fourth-order valence-corrected chi connectivity index (χ4v) is 3.05. The van der Waals surface area contributed by atoms with Crippen LogP contribution in [0.2, 0.25) is 0 Å². The van der Waals surface area contributed by atoms with Gasteiger partial charge in [0, 0.05) is 12.2 Å². The van der Waals surface area contributed by atoms with E-state index in [1.54, 1.807) is 0 Å². The van der Waals surface area contributed by atoms with Gasteiger partial charge in [-0.05, 0) is 18.6 Å². The van der Waals surface area contributed by atoms with Crippen LogP contribution in [-0.4, -0.2) is 29.7 Å². The third-order valence-corrected chi connectivity index (χ3v) is 3.84. The van der Waals surface area contributed by atoms with Crippen LogP contribution in [0.3, 0.4) is 0 Å².